The van der Waals surface area contributed by atoms with Crippen LogP contribution in [0.2, 0.25) is 0 Å². The Balaban J connectivity index is 2.38. The molecule has 1 aliphatic rings. The van der Waals surface area contributed by atoms with E-state index in [-0.39, 0.29) is 13.2 Å². The van der Waals surface area contributed by atoms with Gasteiger partial charge < -0.3 is 28.4 Å². The standard InChI is InChI=1S/C21H26O10/c1-12(22)26-11-17-18(28-13(2)23)19(27-10-16-8-6-5-7-9-16)20(29-14(3)24)21(31-17)30-15(4)25/h5-9,17-21H,10-11H2,1-4H3/t17-,18-,19-,20+,21?/m1/s1. The zero-order chi connectivity index (χ0) is 23.0. The normalized spacial score (nSPS) is 25.2. The fourth-order valence-corrected chi connectivity index (χ4v) is 3.08. The zero-order valence-electron chi connectivity index (χ0n) is 17.8. The summed E-state index contributed by atoms with van der Waals surface area (Å²) < 4.78 is 32.6. The predicted octanol–water partition coefficient (Wildman–Crippen LogP) is 1.29. The maximum Gasteiger partial charge on any atom is 0.305 e. The zero-order valence-corrected chi connectivity index (χ0v) is 17.8. The predicted molar refractivity (Wildman–Crippen MR) is 103 cm³/mol. The van der Waals surface area contributed by atoms with E-state index < -0.39 is 54.6 Å². The average Bonchev–Trinajstić information content (AvgIpc) is 2.67. The summed E-state index contributed by atoms with van der Waals surface area (Å²) in [5.74, 6) is -2.61. The van der Waals surface area contributed by atoms with Crippen molar-refractivity contribution in [2.75, 3.05) is 6.61 Å². The number of esters is 4. The Morgan fingerprint density at radius 2 is 1.35 bits per heavy atom. The van der Waals surface area contributed by atoms with Crippen molar-refractivity contribution in [3.63, 3.8) is 0 Å². The molecule has 1 saturated heterocycles. The molecule has 10 nitrogen and oxygen atoms in total. The summed E-state index contributed by atoms with van der Waals surface area (Å²) in [4.78, 5) is 46.4. The van der Waals surface area contributed by atoms with Gasteiger partial charge in [0.2, 0.25) is 6.29 Å². The van der Waals surface area contributed by atoms with Gasteiger partial charge in [0.15, 0.2) is 12.2 Å². The lowest BCUT2D eigenvalue weighted by molar-refractivity contribution is -0.305. The molecule has 31 heavy (non-hydrogen) atoms. The molecule has 0 spiro atoms. The van der Waals surface area contributed by atoms with Crippen LogP contribution in [0.5, 0.6) is 0 Å². The first kappa shape index (κ1) is 24.3. The molecule has 0 aromatic heterocycles. The lowest BCUT2D eigenvalue weighted by atomic mass is 9.98. The van der Waals surface area contributed by atoms with Crippen LogP contribution in [0, 0.1) is 0 Å². The van der Waals surface area contributed by atoms with E-state index >= 15 is 0 Å². The van der Waals surface area contributed by atoms with Gasteiger partial charge in [-0.1, -0.05) is 30.3 Å². The van der Waals surface area contributed by atoms with Gasteiger partial charge in [0.25, 0.3) is 0 Å². The number of hydrogen-bond acceptors (Lipinski definition) is 10. The quantitative estimate of drug-likeness (QED) is 0.433. The minimum absolute atomic E-state index is 0.0775. The van der Waals surface area contributed by atoms with Crippen LogP contribution in [0.1, 0.15) is 33.3 Å². The maximum atomic E-state index is 11.8. The molecule has 1 aromatic carbocycles. The number of carbonyl (C=O) groups is 4. The smallest absolute Gasteiger partial charge is 0.305 e. The van der Waals surface area contributed by atoms with E-state index in [9.17, 15) is 19.2 Å². The van der Waals surface area contributed by atoms with Gasteiger partial charge >= 0.3 is 23.9 Å². The van der Waals surface area contributed by atoms with Crippen LogP contribution in [0.4, 0.5) is 0 Å². The summed E-state index contributed by atoms with van der Waals surface area (Å²) in [5.41, 5.74) is 0.803. The molecule has 0 radical (unpaired) electrons. The molecule has 0 aliphatic carbocycles. The first-order chi connectivity index (χ1) is 14.7. The van der Waals surface area contributed by atoms with E-state index in [1.54, 1.807) is 0 Å². The summed E-state index contributed by atoms with van der Waals surface area (Å²) in [6, 6.07) is 9.12. The second kappa shape index (κ2) is 11.4. The van der Waals surface area contributed by atoms with Crippen molar-refractivity contribution < 1.29 is 47.6 Å². The van der Waals surface area contributed by atoms with Gasteiger partial charge in [0, 0.05) is 27.7 Å². The van der Waals surface area contributed by atoms with Crippen LogP contribution in [0.15, 0.2) is 30.3 Å². The van der Waals surface area contributed by atoms with E-state index in [1.165, 1.54) is 20.8 Å². The number of hydrogen-bond donors (Lipinski definition) is 0. The molecular weight excluding hydrogens is 412 g/mol. The highest BCUT2D eigenvalue weighted by Gasteiger charge is 2.52. The van der Waals surface area contributed by atoms with Gasteiger partial charge in [0.1, 0.15) is 18.8 Å². The van der Waals surface area contributed by atoms with Crippen molar-refractivity contribution >= 4 is 23.9 Å². The number of ether oxygens (including phenoxy) is 6. The van der Waals surface area contributed by atoms with E-state index in [0.29, 0.717) is 0 Å². The van der Waals surface area contributed by atoms with Crippen molar-refractivity contribution in [2.45, 2.75) is 65.0 Å². The van der Waals surface area contributed by atoms with Crippen molar-refractivity contribution in [2.24, 2.45) is 0 Å². The van der Waals surface area contributed by atoms with E-state index in [1.807, 2.05) is 30.3 Å². The highest BCUT2D eigenvalue weighted by molar-refractivity contribution is 5.68. The minimum atomic E-state index is -1.37. The van der Waals surface area contributed by atoms with Crippen LogP contribution >= 0.6 is 0 Å². The Morgan fingerprint density at radius 3 is 1.90 bits per heavy atom. The Kier molecular flexibility index (Phi) is 8.95. The summed E-state index contributed by atoms with van der Waals surface area (Å²) in [7, 11) is 0. The van der Waals surface area contributed by atoms with Crippen molar-refractivity contribution in [1.29, 1.82) is 0 Å². The van der Waals surface area contributed by atoms with Crippen molar-refractivity contribution in [3.05, 3.63) is 35.9 Å². The maximum absolute atomic E-state index is 11.8. The third-order valence-electron chi connectivity index (χ3n) is 4.21. The summed E-state index contributed by atoms with van der Waals surface area (Å²) >= 11 is 0. The topological polar surface area (TPSA) is 124 Å². The molecule has 1 aliphatic heterocycles. The van der Waals surface area contributed by atoms with Gasteiger partial charge in [-0.25, -0.2) is 0 Å². The lowest BCUT2D eigenvalue weighted by Crippen LogP contribution is -2.62. The largest absolute Gasteiger partial charge is 0.463 e. The summed E-state index contributed by atoms with van der Waals surface area (Å²) in [6.45, 7) is 4.50. The lowest BCUT2D eigenvalue weighted by Gasteiger charge is -2.44. The Morgan fingerprint density at radius 1 is 0.774 bits per heavy atom. The molecule has 1 heterocycles. The molecule has 5 atom stereocenters. The first-order valence-corrected chi connectivity index (χ1v) is 9.63. The highest BCUT2D eigenvalue weighted by Crippen LogP contribution is 2.30. The Hall–Kier alpha value is -2.98. The fraction of sp³-hybridized carbons (Fsp3) is 0.524. The summed E-state index contributed by atoms with van der Waals surface area (Å²) in [6.07, 6.45) is -5.83. The molecule has 10 heteroatoms. The van der Waals surface area contributed by atoms with Gasteiger partial charge in [0.05, 0.1) is 6.61 Å². The second-order valence-electron chi connectivity index (χ2n) is 6.86. The third-order valence-corrected chi connectivity index (χ3v) is 4.21. The van der Waals surface area contributed by atoms with Crippen LogP contribution in [-0.4, -0.2) is 61.2 Å². The monoisotopic (exact) mass is 438 g/mol. The molecule has 1 fully saturated rings. The first-order valence-electron chi connectivity index (χ1n) is 9.63. The van der Waals surface area contributed by atoms with E-state index in [2.05, 4.69) is 0 Å². The van der Waals surface area contributed by atoms with Gasteiger partial charge in [-0.05, 0) is 5.56 Å². The molecule has 1 aromatic rings. The van der Waals surface area contributed by atoms with Crippen LogP contribution in [0.3, 0.4) is 0 Å². The van der Waals surface area contributed by atoms with Crippen LogP contribution in [0.25, 0.3) is 0 Å². The number of rotatable bonds is 8. The van der Waals surface area contributed by atoms with Gasteiger partial charge in [-0.15, -0.1) is 0 Å². The molecule has 0 amide bonds. The molecule has 2 rings (SSSR count). The SMILES string of the molecule is CC(=O)OC[C@H]1OC(OC(C)=O)[C@@H](OC(C)=O)[C@H](OCc2ccccc2)[C@@H]1OC(C)=O. The van der Waals surface area contributed by atoms with E-state index in [4.69, 9.17) is 28.4 Å². The van der Waals surface area contributed by atoms with Crippen molar-refractivity contribution in [1.82, 2.24) is 0 Å². The van der Waals surface area contributed by atoms with Crippen LogP contribution in [-0.2, 0) is 54.2 Å². The molecule has 1 unspecified atom stereocenters. The van der Waals surface area contributed by atoms with Crippen molar-refractivity contribution in [3.8, 4) is 0 Å². The second-order valence-corrected chi connectivity index (χ2v) is 6.86. The minimum Gasteiger partial charge on any atom is -0.463 e. The fourth-order valence-electron chi connectivity index (χ4n) is 3.08. The van der Waals surface area contributed by atoms with Gasteiger partial charge in [-0.2, -0.15) is 0 Å². The Labute approximate surface area is 179 Å². The third kappa shape index (κ3) is 7.65. The highest BCUT2D eigenvalue weighted by atomic mass is 16.7. The van der Waals surface area contributed by atoms with Crippen LogP contribution < -0.4 is 0 Å². The number of benzene rings is 1. The molecule has 170 valence electrons. The summed E-state index contributed by atoms with van der Waals surface area (Å²) in [5, 5.41) is 0. The number of carbonyl (C=O) groups excluding carboxylic acids is 4. The average molecular weight is 438 g/mol. The Bertz CT molecular complexity index is 778. The molecule has 0 N–H and O–H groups in total. The molecule has 0 saturated carbocycles. The van der Waals surface area contributed by atoms with E-state index in [0.717, 1.165) is 12.5 Å². The molecule has 0 bridgehead atoms. The molecular formula is C21H26O10. The van der Waals surface area contributed by atoms with Gasteiger partial charge in [-0.3, -0.25) is 19.2 Å².